The molecule has 0 radical (unpaired) electrons. The summed E-state index contributed by atoms with van der Waals surface area (Å²) in [5.74, 6) is -1.10. The fourth-order valence-electron chi connectivity index (χ4n) is 3.13. The molecular weight excluding hydrogens is 318 g/mol. The topological polar surface area (TPSA) is 34.9 Å². The van der Waals surface area contributed by atoms with Gasteiger partial charge >= 0.3 is 0 Å². The summed E-state index contributed by atoms with van der Waals surface area (Å²) in [6.07, 6.45) is 6.60. The Kier molecular flexibility index (Phi) is 4.90. The molecule has 2 aromatic rings. The summed E-state index contributed by atoms with van der Waals surface area (Å²) in [4.78, 5) is 0. The SMILES string of the molecule is C[C@H](c1c(F)cccc1F)[S@](=O)Cc1ccn(C2CCCC2)n1. The summed E-state index contributed by atoms with van der Waals surface area (Å²) in [6.45, 7) is 1.59. The fourth-order valence-corrected chi connectivity index (χ4v) is 4.31. The Hall–Kier alpha value is -1.56. The molecule has 1 aromatic heterocycles. The van der Waals surface area contributed by atoms with Crippen LogP contribution < -0.4 is 0 Å². The Morgan fingerprint density at radius 3 is 2.57 bits per heavy atom. The van der Waals surface area contributed by atoms with Crippen LogP contribution in [0.15, 0.2) is 30.5 Å². The molecule has 1 aliphatic rings. The van der Waals surface area contributed by atoms with Crippen molar-refractivity contribution >= 4 is 10.8 Å². The second-order valence-corrected chi connectivity index (χ2v) is 7.79. The molecule has 0 N–H and O–H groups in total. The lowest BCUT2D eigenvalue weighted by Crippen LogP contribution is -2.11. The lowest BCUT2D eigenvalue weighted by atomic mass is 10.1. The Morgan fingerprint density at radius 1 is 1.26 bits per heavy atom. The maximum atomic E-state index is 13.8. The maximum Gasteiger partial charge on any atom is 0.130 e. The number of aromatic nitrogens is 2. The van der Waals surface area contributed by atoms with Crippen LogP contribution in [-0.2, 0) is 16.6 Å². The Labute approximate surface area is 137 Å². The molecule has 1 saturated carbocycles. The second-order valence-electron chi connectivity index (χ2n) is 6.03. The highest BCUT2D eigenvalue weighted by Gasteiger charge is 2.23. The summed E-state index contributed by atoms with van der Waals surface area (Å²) in [5.41, 5.74) is 0.597. The number of benzene rings is 1. The Balaban J connectivity index is 1.71. The average Bonchev–Trinajstić information content (AvgIpc) is 3.17. The highest BCUT2D eigenvalue weighted by Crippen LogP contribution is 2.30. The van der Waals surface area contributed by atoms with Crippen molar-refractivity contribution in [1.82, 2.24) is 9.78 Å². The third-order valence-corrected chi connectivity index (χ3v) is 6.06. The largest absolute Gasteiger partial charge is 0.269 e. The number of rotatable bonds is 5. The minimum Gasteiger partial charge on any atom is -0.269 e. The molecule has 2 atom stereocenters. The van der Waals surface area contributed by atoms with Crippen molar-refractivity contribution < 1.29 is 13.0 Å². The molecule has 1 heterocycles. The molecule has 1 fully saturated rings. The van der Waals surface area contributed by atoms with Crippen LogP contribution in [0.4, 0.5) is 8.78 Å². The molecule has 0 bridgehead atoms. The molecule has 0 saturated heterocycles. The molecule has 3 nitrogen and oxygen atoms in total. The normalized spacial score (nSPS) is 18.2. The van der Waals surface area contributed by atoms with Crippen molar-refractivity contribution in [2.45, 2.75) is 49.7 Å². The van der Waals surface area contributed by atoms with Crippen LogP contribution >= 0.6 is 0 Å². The van der Waals surface area contributed by atoms with Crippen molar-refractivity contribution in [3.63, 3.8) is 0 Å². The lowest BCUT2D eigenvalue weighted by Gasteiger charge is -2.13. The summed E-state index contributed by atoms with van der Waals surface area (Å²) < 4.78 is 42.0. The molecule has 0 amide bonds. The van der Waals surface area contributed by atoms with E-state index >= 15 is 0 Å². The van der Waals surface area contributed by atoms with Gasteiger partial charge < -0.3 is 0 Å². The van der Waals surface area contributed by atoms with Crippen molar-refractivity contribution in [3.8, 4) is 0 Å². The summed E-state index contributed by atoms with van der Waals surface area (Å²) in [5, 5.41) is 3.77. The van der Waals surface area contributed by atoms with E-state index in [1.165, 1.54) is 31.0 Å². The van der Waals surface area contributed by atoms with Gasteiger partial charge in [0.05, 0.1) is 22.7 Å². The van der Waals surface area contributed by atoms with Crippen molar-refractivity contribution in [2.24, 2.45) is 0 Å². The van der Waals surface area contributed by atoms with Gasteiger partial charge in [0.2, 0.25) is 0 Å². The molecule has 1 aliphatic carbocycles. The van der Waals surface area contributed by atoms with E-state index in [4.69, 9.17) is 0 Å². The molecule has 6 heteroatoms. The van der Waals surface area contributed by atoms with E-state index in [9.17, 15) is 13.0 Å². The van der Waals surface area contributed by atoms with E-state index in [2.05, 4.69) is 5.10 Å². The molecule has 124 valence electrons. The van der Waals surface area contributed by atoms with Crippen LogP contribution in [0.25, 0.3) is 0 Å². The molecule has 1 aromatic carbocycles. The quantitative estimate of drug-likeness (QED) is 0.815. The van der Waals surface area contributed by atoms with Gasteiger partial charge in [-0.05, 0) is 38.0 Å². The van der Waals surface area contributed by atoms with E-state index in [0.717, 1.165) is 12.8 Å². The average molecular weight is 338 g/mol. The first-order chi connectivity index (χ1) is 11.1. The van der Waals surface area contributed by atoms with Crippen molar-refractivity contribution in [1.29, 1.82) is 0 Å². The number of nitrogens with zero attached hydrogens (tertiary/aromatic N) is 2. The van der Waals surface area contributed by atoms with Crippen LogP contribution in [0.2, 0.25) is 0 Å². The molecule has 0 unspecified atom stereocenters. The first-order valence-electron chi connectivity index (χ1n) is 7.91. The van der Waals surface area contributed by atoms with E-state index in [1.807, 2.05) is 16.9 Å². The smallest absolute Gasteiger partial charge is 0.130 e. The Bertz CT molecular complexity index is 690. The molecule has 3 rings (SSSR count). The van der Waals surface area contributed by atoms with Crippen molar-refractivity contribution in [3.05, 3.63) is 53.4 Å². The fraction of sp³-hybridized carbons (Fsp3) is 0.471. The Morgan fingerprint density at radius 2 is 1.91 bits per heavy atom. The van der Waals surface area contributed by atoms with Gasteiger partial charge in [-0.25, -0.2) is 8.78 Å². The van der Waals surface area contributed by atoms with Gasteiger partial charge in [-0.15, -0.1) is 0 Å². The third-order valence-electron chi connectivity index (χ3n) is 4.45. The standard InChI is InChI=1S/C17H20F2N2OS/c1-12(17-15(18)7-4-8-16(17)19)23(22)11-13-9-10-21(20-13)14-5-2-3-6-14/h4,7-10,12,14H,2-3,5-6,11H2,1H3/t12-,23-/m1/s1. The van der Waals surface area contributed by atoms with Gasteiger partial charge in [-0.1, -0.05) is 18.9 Å². The predicted molar refractivity (Wildman–Crippen MR) is 86.4 cm³/mol. The van der Waals surface area contributed by atoms with E-state index in [1.54, 1.807) is 6.92 Å². The second kappa shape index (κ2) is 6.91. The lowest BCUT2D eigenvalue weighted by molar-refractivity contribution is 0.464. The van der Waals surface area contributed by atoms with Gasteiger partial charge in [0, 0.05) is 22.6 Å². The first kappa shape index (κ1) is 16.3. The summed E-state index contributed by atoms with van der Waals surface area (Å²) in [6, 6.07) is 5.98. The van der Waals surface area contributed by atoms with Crippen LogP contribution in [-0.4, -0.2) is 14.0 Å². The van der Waals surface area contributed by atoms with Crippen molar-refractivity contribution in [2.75, 3.05) is 0 Å². The minimum absolute atomic E-state index is 0.110. The molecule has 0 spiro atoms. The zero-order chi connectivity index (χ0) is 16.4. The molecule has 23 heavy (non-hydrogen) atoms. The number of halogens is 2. The molecular formula is C17H20F2N2OS. The van der Waals surface area contributed by atoms with Crippen LogP contribution in [0, 0.1) is 11.6 Å². The van der Waals surface area contributed by atoms with E-state index < -0.39 is 27.7 Å². The highest BCUT2D eigenvalue weighted by molar-refractivity contribution is 7.84. The minimum atomic E-state index is -1.43. The monoisotopic (exact) mass is 338 g/mol. The zero-order valence-electron chi connectivity index (χ0n) is 13.0. The predicted octanol–water partition coefficient (Wildman–Crippen LogP) is 4.29. The van der Waals surface area contributed by atoms with Gasteiger partial charge in [-0.2, -0.15) is 5.10 Å². The summed E-state index contributed by atoms with van der Waals surface area (Å²) >= 11 is 0. The third kappa shape index (κ3) is 3.52. The maximum absolute atomic E-state index is 13.8. The molecule has 0 aliphatic heterocycles. The number of hydrogen-bond acceptors (Lipinski definition) is 2. The highest BCUT2D eigenvalue weighted by atomic mass is 32.2. The van der Waals surface area contributed by atoms with E-state index in [0.29, 0.717) is 11.7 Å². The first-order valence-corrected chi connectivity index (χ1v) is 9.29. The van der Waals surface area contributed by atoms with Crippen LogP contribution in [0.5, 0.6) is 0 Å². The van der Waals surface area contributed by atoms with Gasteiger partial charge in [0.15, 0.2) is 0 Å². The van der Waals surface area contributed by atoms with Gasteiger partial charge in [-0.3, -0.25) is 8.89 Å². The zero-order valence-corrected chi connectivity index (χ0v) is 13.9. The number of hydrogen-bond donors (Lipinski definition) is 0. The van der Waals surface area contributed by atoms with Crippen LogP contribution in [0.3, 0.4) is 0 Å². The van der Waals surface area contributed by atoms with Gasteiger partial charge in [0.25, 0.3) is 0 Å². The van der Waals surface area contributed by atoms with Gasteiger partial charge in [0.1, 0.15) is 11.6 Å². The van der Waals surface area contributed by atoms with Crippen LogP contribution in [0.1, 0.15) is 55.2 Å². The van der Waals surface area contributed by atoms with E-state index in [-0.39, 0.29) is 11.3 Å². The summed E-state index contributed by atoms with van der Waals surface area (Å²) in [7, 11) is -1.43.